The van der Waals surface area contributed by atoms with Crippen LogP contribution in [0.2, 0.25) is 0 Å². The van der Waals surface area contributed by atoms with Crippen molar-refractivity contribution in [3.63, 3.8) is 0 Å². The van der Waals surface area contributed by atoms with Gasteiger partial charge in [0.25, 0.3) is 0 Å². The summed E-state index contributed by atoms with van der Waals surface area (Å²) in [6.45, 7) is 0. The summed E-state index contributed by atoms with van der Waals surface area (Å²) < 4.78 is 0. The molecule has 0 aromatic heterocycles. The van der Waals surface area contributed by atoms with E-state index in [1.807, 2.05) is 48.5 Å². The lowest BCUT2D eigenvalue weighted by Gasteiger charge is -2.25. The lowest BCUT2D eigenvalue weighted by atomic mass is 10.1. The zero-order chi connectivity index (χ0) is 15.2. The van der Waals surface area contributed by atoms with Crippen molar-refractivity contribution in [3.8, 4) is 0 Å². The van der Waals surface area contributed by atoms with Gasteiger partial charge in [-0.15, -0.1) is 0 Å². The largest absolute Gasteiger partial charge is 0.323 e. The minimum Gasteiger partial charge on any atom is -0.323 e. The van der Waals surface area contributed by atoms with Crippen LogP contribution in [0.5, 0.6) is 0 Å². The molecule has 3 aromatic rings. The second kappa shape index (κ2) is 6.59. The maximum Gasteiger partial charge on any atom is 0.0538 e. The van der Waals surface area contributed by atoms with Gasteiger partial charge in [-0.2, -0.15) is 5.10 Å². The van der Waals surface area contributed by atoms with Crippen molar-refractivity contribution in [1.82, 2.24) is 0 Å². The third-order valence-electron chi connectivity index (χ3n) is 3.38. The molecular formula is C19H17N3. The minimum atomic E-state index is 0.969. The van der Waals surface area contributed by atoms with Crippen molar-refractivity contribution in [2.75, 3.05) is 4.90 Å². The first-order chi connectivity index (χ1) is 10.9. The number of hydrogen-bond donors (Lipinski definition) is 1. The van der Waals surface area contributed by atoms with Crippen LogP contribution in [0.3, 0.4) is 0 Å². The summed E-state index contributed by atoms with van der Waals surface area (Å²) in [7, 11) is 0. The van der Waals surface area contributed by atoms with Gasteiger partial charge < -0.3 is 10.7 Å². The first-order valence-corrected chi connectivity index (χ1v) is 7.12. The van der Waals surface area contributed by atoms with Crippen LogP contribution in [-0.2, 0) is 0 Å². The molecule has 0 radical (unpaired) electrons. The molecule has 3 rings (SSSR count). The Morgan fingerprint density at radius 3 is 1.77 bits per heavy atom. The average molecular weight is 287 g/mol. The Bertz CT molecular complexity index is 712. The normalized spacial score (nSPS) is 10.7. The molecule has 3 aromatic carbocycles. The maximum absolute atomic E-state index is 5.26. The minimum absolute atomic E-state index is 0.969. The van der Waals surface area contributed by atoms with Crippen LogP contribution < -0.4 is 10.7 Å². The topological polar surface area (TPSA) is 41.6 Å². The molecule has 0 unspecified atom stereocenters. The van der Waals surface area contributed by atoms with Gasteiger partial charge in [-0.25, -0.2) is 0 Å². The first kappa shape index (κ1) is 13.9. The van der Waals surface area contributed by atoms with Crippen molar-refractivity contribution < 1.29 is 0 Å². The first-order valence-electron chi connectivity index (χ1n) is 7.12. The fraction of sp³-hybridized carbons (Fsp3) is 0. The van der Waals surface area contributed by atoms with E-state index in [1.165, 1.54) is 0 Å². The van der Waals surface area contributed by atoms with Gasteiger partial charge in [-0.05, 0) is 42.0 Å². The summed E-state index contributed by atoms with van der Waals surface area (Å²) in [5.74, 6) is 5.26. The summed E-state index contributed by atoms with van der Waals surface area (Å²) in [5.41, 5.74) is 4.25. The number of benzene rings is 3. The highest BCUT2D eigenvalue weighted by Crippen LogP contribution is 2.34. The number of nitrogens with two attached hydrogens (primary N) is 1. The van der Waals surface area contributed by atoms with E-state index < -0.39 is 0 Å². The summed E-state index contributed by atoms with van der Waals surface area (Å²) in [6, 6.07) is 28.7. The van der Waals surface area contributed by atoms with E-state index in [1.54, 1.807) is 6.21 Å². The molecule has 0 bridgehead atoms. The number of nitrogens with zero attached hydrogens (tertiary/aromatic N) is 2. The number of para-hydroxylation sites is 2. The molecule has 0 atom stereocenters. The van der Waals surface area contributed by atoms with Crippen molar-refractivity contribution >= 4 is 23.3 Å². The summed E-state index contributed by atoms with van der Waals surface area (Å²) in [4.78, 5) is 2.20. The fourth-order valence-electron chi connectivity index (χ4n) is 2.43. The van der Waals surface area contributed by atoms with Gasteiger partial charge in [0.05, 0.1) is 6.21 Å². The van der Waals surface area contributed by atoms with Crippen LogP contribution in [0.4, 0.5) is 17.1 Å². The van der Waals surface area contributed by atoms with Gasteiger partial charge in [-0.3, -0.25) is 0 Å². The van der Waals surface area contributed by atoms with E-state index in [0.29, 0.717) is 0 Å². The highest BCUT2D eigenvalue weighted by molar-refractivity contribution is 5.84. The second-order valence-electron chi connectivity index (χ2n) is 4.88. The smallest absolute Gasteiger partial charge is 0.0538 e. The van der Waals surface area contributed by atoms with Crippen LogP contribution in [0.25, 0.3) is 0 Å². The molecule has 3 nitrogen and oxygen atoms in total. The molecular weight excluding hydrogens is 270 g/mol. The zero-order valence-electron chi connectivity index (χ0n) is 12.1. The summed E-state index contributed by atoms with van der Waals surface area (Å²) in [6.07, 6.45) is 1.65. The fourth-order valence-corrected chi connectivity index (χ4v) is 2.43. The van der Waals surface area contributed by atoms with E-state index in [-0.39, 0.29) is 0 Å². The van der Waals surface area contributed by atoms with Gasteiger partial charge in [0.1, 0.15) is 0 Å². The van der Waals surface area contributed by atoms with Crippen molar-refractivity contribution in [3.05, 3.63) is 90.5 Å². The Kier molecular flexibility index (Phi) is 4.16. The van der Waals surface area contributed by atoms with Crippen LogP contribution in [0.15, 0.2) is 90.0 Å². The molecule has 0 heterocycles. The van der Waals surface area contributed by atoms with E-state index in [4.69, 9.17) is 5.84 Å². The van der Waals surface area contributed by atoms with Crippen LogP contribution in [0.1, 0.15) is 5.56 Å². The predicted octanol–water partition coefficient (Wildman–Crippen LogP) is 4.45. The quantitative estimate of drug-likeness (QED) is 0.437. The third-order valence-corrected chi connectivity index (χ3v) is 3.38. The Morgan fingerprint density at radius 2 is 1.23 bits per heavy atom. The van der Waals surface area contributed by atoms with E-state index >= 15 is 0 Å². The predicted molar refractivity (Wildman–Crippen MR) is 92.9 cm³/mol. The van der Waals surface area contributed by atoms with Crippen molar-refractivity contribution in [2.45, 2.75) is 0 Å². The Morgan fingerprint density at radius 1 is 0.682 bits per heavy atom. The number of hydrogen-bond acceptors (Lipinski definition) is 3. The molecule has 0 saturated heterocycles. The van der Waals surface area contributed by atoms with E-state index in [2.05, 4.69) is 46.4 Å². The van der Waals surface area contributed by atoms with Gasteiger partial charge in [0.15, 0.2) is 0 Å². The molecule has 0 fully saturated rings. The SMILES string of the molecule is N/N=C/c1cccc(N(c2ccccc2)c2ccccc2)c1. The Balaban J connectivity index is 2.12. The lowest BCUT2D eigenvalue weighted by Crippen LogP contribution is -2.09. The molecule has 0 amide bonds. The van der Waals surface area contributed by atoms with Gasteiger partial charge in [0.2, 0.25) is 0 Å². The van der Waals surface area contributed by atoms with E-state index in [9.17, 15) is 0 Å². The summed E-state index contributed by atoms with van der Waals surface area (Å²) >= 11 is 0. The number of rotatable bonds is 4. The van der Waals surface area contributed by atoms with Crippen molar-refractivity contribution in [2.24, 2.45) is 10.9 Å². The highest BCUT2D eigenvalue weighted by atomic mass is 15.1. The molecule has 2 N–H and O–H groups in total. The number of anilines is 3. The molecule has 0 aliphatic carbocycles. The molecule has 22 heavy (non-hydrogen) atoms. The third kappa shape index (κ3) is 2.99. The maximum atomic E-state index is 5.26. The van der Waals surface area contributed by atoms with E-state index in [0.717, 1.165) is 22.6 Å². The Labute approximate surface area is 130 Å². The van der Waals surface area contributed by atoms with Crippen LogP contribution in [0, 0.1) is 0 Å². The molecule has 0 aliphatic heterocycles. The van der Waals surface area contributed by atoms with Crippen LogP contribution in [-0.4, -0.2) is 6.21 Å². The Hall–Kier alpha value is -3.07. The van der Waals surface area contributed by atoms with Gasteiger partial charge in [-0.1, -0.05) is 48.5 Å². The monoisotopic (exact) mass is 287 g/mol. The molecule has 3 heteroatoms. The van der Waals surface area contributed by atoms with Crippen molar-refractivity contribution in [1.29, 1.82) is 0 Å². The summed E-state index contributed by atoms with van der Waals surface area (Å²) in [5, 5.41) is 3.61. The molecule has 0 aliphatic rings. The molecule has 0 saturated carbocycles. The average Bonchev–Trinajstić information content (AvgIpc) is 2.58. The molecule has 0 spiro atoms. The van der Waals surface area contributed by atoms with Gasteiger partial charge >= 0.3 is 0 Å². The lowest BCUT2D eigenvalue weighted by molar-refractivity contribution is 1.26. The number of hydrazone groups is 1. The van der Waals surface area contributed by atoms with Gasteiger partial charge in [0, 0.05) is 17.1 Å². The molecule has 108 valence electrons. The highest BCUT2D eigenvalue weighted by Gasteiger charge is 2.11. The van der Waals surface area contributed by atoms with Crippen LogP contribution >= 0.6 is 0 Å². The standard InChI is InChI=1S/C19H17N3/c20-21-15-16-8-7-13-19(14-16)22(17-9-3-1-4-10-17)18-11-5-2-6-12-18/h1-15H,20H2/b21-15+. The second-order valence-corrected chi connectivity index (χ2v) is 4.88. The zero-order valence-corrected chi connectivity index (χ0v) is 12.1.